The highest BCUT2D eigenvalue weighted by Crippen LogP contribution is 2.42. The molecule has 13 aromatic rings. The van der Waals surface area contributed by atoms with Gasteiger partial charge in [0, 0.05) is 58.4 Å². The molecule has 0 spiro atoms. The highest BCUT2D eigenvalue weighted by atomic mass is 32.1. The lowest BCUT2D eigenvalue weighted by atomic mass is 9.99. The van der Waals surface area contributed by atoms with Crippen molar-refractivity contribution in [3.05, 3.63) is 188 Å². The quantitative estimate of drug-likeness (QED) is 0.174. The van der Waals surface area contributed by atoms with Crippen molar-refractivity contribution in [2.45, 2.75) is 0 Å². The fourth-order valence-electron chi connectivity index (χ4n) is 9.00. The average Bonchev–Trinajstić information content (AvgIpc) is 4.02. The molecule has 0 bridgehead atoms. The van der Waals surface area contributed by atoms with E-state index < -0.39 is 0 Å². The summed E-state index contributed by atoms with van der Waals surface area (Å²) in [5, 5.41) is 8.80. The summed E-state index contributed by atoms with van der Waals surface area (Å²) in [5.41, 5.74) is 10.6. The highest BCUT2D eigenvalue weighted by molar-refractivity contribution is 7.25. The molecule has 5 nitrogen and oxygen atoms in total. The Hall–Kier alpha value is -7.93. The van der Waals surface area contributed by atoms with Gasteiger partial charge in [0.05, 0.1) is 0 Å². The normalized spacial score (nSPS) is 11.9. The third-order valence-electron chi connectivity index (χ3n) is 11.9. The molecule has 284 valence electrons. The zero-order valence-corrected chi connectivity index (χ0v) is 33.3. The van der Waals surface area contributed by atoms with Crippen LogP contribution >= 0.6 is 11.3 Å². The maximum Gasteiger partial charge on any atom is 0.164 e. The molecule has 0 atom stereocenters. The maximum atomic E-state index is 6.63. The second-order valence-corrected chi connectivity index (χ2v) is 16.6. The van der Waals surface area contributed by atoms with Crippen LogP contribution in [-0.2, 0) is 0 Å². The summed E-state index contributed by atoms with van der Waals surface area (Å²) >= 11 is 1.79. The van der Waals surface area contributed by atoms with E-state index in [0.717, 1.165) is 87.9 Å². The van der Waals surface area contributed by atoms with Gasteiger partial charge in [-0.25, -0.2) is 15.0 Å². The highest BCUT2D eigenvalue weighted by Gasteiger charge is 2.21. The SMILES string of the molecule is c1ccc(-c2ccc3cc(-c4nc(-c5cccc6oc7cc(-c8ccc9c(c8)oc8ccccc89)ccc7c56)nc(-c5cccc6sc7ccccc7c56)n4)ccc3c2)cc1. The van der Waals surface area contributed by atoms with E-state index in [1.165, 1.54) is 25.9 Å². The standard InChI is InChI=1S/C55H31N3O2S/c1-2-10-32(11-3-1)33-20-21-35-29-38(23-22-34(35)28-33)53-56-54(58-55(57-53)44-15-9-19-50-52(44)42-13-5-7-18-49(42)61-50)43-14-8-17-46-51(43)41-27-25-37(31-48(41)60-46)36-24-26-40-39-12-4-6-16-45(39)59-47(40)30-36/h1-31H. The van der Waals surface area contributed by atoms with Gasteiger partial charge >= 0.3 is 0 Å². The molecule has 0 aliphatic carbocycles. The molecule has 0 amide bonds. The van der Waals surface area contributed by atoms with E-state index in [2.05, 4.69) is 152 Å². The molecule has 6 heteroatoms. The maximum absolute atomic E-state index is 6.63. The number of benzene rings is 9. The van der Waals surface area contributed by atoms with E-state index in [0.29, 0.717) is 17.5 Å². The van der Waals surface area contributed by atoms with Gasteiger partial charge in [-0.3, -0.25) is 0 Å². The molecule has 0 N–H and O–H groups in total. The Bertz CT molecular complexity index is 3900. The Balaban J connectivity index is 0.985. The lowest BCUT2D eigenvalue weighted by molar-refractivity contribution is 0.668. The minimum absolute atomic E-state index is 0.587. The van der Waals surface area contributed by atoms with Gasteiger partial charge in [0.15, 0.2) is 17.5 Å². The van der Waals surface area contributed by atoms with Gasteiger partial charge in [-0.1, -0.05) is 127 Å². The molecule has 13 rings (SSSR count). The lowest BCUT2D eigenvalue weighted by Crippen LogP contribution is -2.00. The summed E-state index contributed by atoms with van der Waals surface area (Å²) in [5.74, 6) is 1.82. The predicted molar refractivity (Wildman–Crippen MR) is 252 cm³/mol. The van der Waals surface area contributed by atoms with Gasteiger partial charge < -0.3 is 8.83 Å². The number of nitrogens with zero attached hydrogens (tertiary/aromatic N) is 3. The summed E-state index contributed by atoms with van der Waals surface area (Å²) < 4.78 is 15.3. The van der Waals surface area contributed by atoms with Crippen molar-refractivity contribution in [1.82, 2.24) is 15.0 Å². The number of para-hydroxylation sites is 1. The van der Waals surface area contributed by atoms with Gasteiger partial charge in [0.2, 0.25) is 0 Å². The number of hydrogen-bond donors (Lipinski definition) is 0. The topological polar surface area (TPSA) is 65.0 Å². The van der Waals surface area contributed by atoms with E-state index in [1.807, 2.05) is 36.4 Å². The van der Waals surface area contributed by atoms with Crippen molar-refractivity contribution in [1.29, 1.82) is 0 Å². The van der Waals surface area contributed by atoms with Crippen LogP contribution in [0.4, 0.5) is 0 Å². The van der Waals surface area contributed by atoms with Crippen molar-refractivity contribution < 1.29 is 8.83 Å². The molecule has 0 radical (unpaired) electrons. The van der Waals surface area contributed by atoms with Crippen LogP contribution in [-0.4, -0.2) is 15.0 Å². The summed E-state index contributed by atoms with van der Waals surface area (Å²) in [7, 11) is 0. The largest absolute Gasteiger partial charge is 0.456 e. The molecule has 0 aliphatic heterocycles. The predicted octanol–water partition coefficient (Wildman–Crippen LogP) is 15.5. The minimum atomic E-state index is 0.587. The third-order valence-corrected chi connectivity index (χ3v) is 13.1. The number of hydrogen-bond acceptors (Lipinski definition) is 6. The molecule has 4 aromatic heterocycles. The van der Waals surface area contributed by atoms with Crippen molar-refractivity contribution in [2.75, 3.05) is 0 Å². The molecule has 0 unspecified atom stereocenters. The number of thiophene rings is 1. The first-order valence-corrected chi connectivity index (χ1v) is 21.1. The van der Waals surface area contributed by atoms with Crippen LogP contribution in [0.25, 0.3) is 131 Å². The van der Waals surface area contributed by atoms with E-state index in [1.54, 1.807) is 11.3 Å². The molecule has 9 aromatic carbocycles. The van der Waals surface area contributed by atoms with E-state index in [4.69, 9.17) is 23.8 Å². The number of furan rings is 2. The van der Waals surface area contributed by atoms with Crippen molar-refractivity contribution in [3.8, 4) is 56.4 Å². The fraction of sp³-hybridized carbons (Fsp3) is 0. The first-order valence-electron chi connectivity index (χ1n) is 20.3. The lowest BCUT2D eigenvalue weighted by Gasteiger charge is -2.11. The van der Waals surface area contributed by atoms with Gasteiger partial charge in [-0.2, -0.15) is 0 Å². The Morgan fingerprint density at radius 2 is 0.852 bits per heavy atom. The van der Waals surface area contributed by atoms with Gasteiger partial charge in [-0.15, -0.1) is 11.3 Å². The molecule has 61 heavy (non-hydrogen) atoms. The summed E-state index contributed by atoms with van der Waals surface area (Å²) in [6.07, 6.45) is 0. The molecule has 0 saturated carbocycles. The smallest absolute Gasteiger partial charge is 0.164 e. The van der Waals surface area contributed by atoms with Crippen LogP contribution in [0.3, 0.4) is 0 Å². The first-order chi connectivity index (χ1) is 30.2. The molecular weight excluding hydrogens is 767 g/mol. The summed E-state index contributed by atoms with van der Waals surface area (Å²) in [4.78, 5) is 15.9. The monoisotopic (exact) mass is 797 g/mol. The Morgan fingerprint density at radius 1 is 0.311 bits per heavy atom. The van der Waals surface area contributed by atoms with Crippen LogP contribution in [0.15, 0.2) is 197 Å². The van der Waals surface area contributed by atoms with E-state index in [9.17, 15) is 0 Å². The number of fused-ring (bicyclic) bond motifs is 10. The first kappa shape index (κ1) is 34.0. The zero-order chi connectivity index (χ0) is 40.0. The van der Waals surface area contributed by atoms with Crippen LogP contribution in [0.5, 0.6) is 0 Å². The minimum Gasteiger partial charge on any atom is -0.456 e. The molecular formula is C55H31N3O2S. The van der Waals surface area contributed by atoms with Crippen LogP contribution in [0.1, 0.15) is 0 Å². The van der Waals surface area contributed by atoms with Gasteiger partial charge in [0.25, 0.3) is 0 Å². The average molecular weight is 798 g/mol. The summed E-state index contributed by atoms with van der Waals surface area (Å²) in [6, 6.07) is 65.7. The Labute approximate surface area is 352 Å². The van der Waals surface area contributed by atoms with Crippen LogP contribution in [0, 0.1) is 0 Å². The molecule has 0 aliphatic rings. The van der Waals surface area contributed by atoms with Gasteiger partial charge in [0.1, 0.15) is 22.3 Å². The van der Waals surface area contributed by atoms with E-state index in [-0.39, 0.29) is 0 Å². The Morgan fingerprint density at radius 3 is 1.67 bits per heavy atom. The van der Waals surface area contributed by atoms with Crippen LogP contribution < -0.4 is 0 Å². The van der Waals surface area contributed by atoms with E-state index >= 15 is 0 Å². The van der Waals surface area contributed by atoms with Gasteiger partial charge in [-0.05, 0) is 93.7 Å². The third kappa shape index (κ3) is 5.50. The molecule has 0 saturated heterocycles. The van der Waals surface area contributed by atoms with Crippen molar-refractivity contribution in [2.24, 2.45) is 0 Å². The number of rotatable bonds is 5. The fourth-order valence-corrected chi connectivity index (χ4v) is 10.1. The van der Waals surface area contributed by atoms with Crippen LogP contribution in [0.2, 0.25) is 0 Å². The Kier molecular flexibility index (Phi) is 7.41. The second kappa shape index (κ2) is 13.3. The molecule has 4 heterocycles. The molecule has 0 fully saturated rings. The van der Waals surface area contributed by atoms with Crippen molar-refractivity contribution in [3.63, 3.8) is 0 Å². The summed E-state index contributed by atoms with van der Waals surface area (Å²) in [6.45, 7) is 0. The number of aromatic nitrogens is 3. The van der Waals surface area contributed by atoms with Crippen molar-refractivity contribution >= 4 is 86.2 Å². The zero-order valence-electron chi connectivity index (χ0n) is 32.5. The second-order valence-electron chi connectivity index (χ2n) is 15.5.